The Bertz CT molecular complexity index is 709. The van der Waals surface area contributed by atoms with E-state index in [0.717, 1.165) is 6.21 Å². The van der Waals surface area contributed by atoms with Crippen molar-refractivity contribution >= 4 is 24.0 Å². The van der Waals surface area contributed by atoms with Gasteiger partial charge < -0.3 is 5.11 Å². The summed E-state index contributed by atoms with van der Waals surface area (Å²) in [5.41, 5.74) is 9.27. The average molecular weight is 317 g/mol. The first-order chi connectivity index (χ1) is 10.8. The number of allylic oxidation sites excluding steroid dienone is 1. The molecule has 0 atom stereocenters. The lowest BCUT2D eigenvalue weighted by atomic mass is 10.2. The number of nitrogens with zero attached hydrogens (tertiary/aromatic N) is 6. The monoisotopic (exact) mass is 317 g/mol. The Balaban J connectivity index is 2.93. The van der Waals surface area contributed by atoms with Crippen LogP contribution in [0.5, 0.6) is 0 Å². The predicted molar refractivity (Wildman–Crippen MR) is 82.1 cm³/mol. The molecule has 0 bridgehead atoms. The van der Waals surface area contributed by atoms with E-state index in [9.17, 15) is 14.7 Å². The zero-order valence-electron chi connectivity index (χ0n) is 12.8. The number of carbonyl (C=O) groups excluding carboxylic acids is 2. The molecule has 0 saturated heterocycles. The van der Waals surface area contributed by atoms with Crippen LogP contribution in [0.2, 0.25) is 0 Å². The molecular formula is C13H15N7O3. The van der Waals surface area contributed by atoms with Crippen molar-refractivity contribution in [1.29, 1.82) is 0 Å². The van der Waals surface area contributed by atoms with Crippen molar-refractivity contribution in [3.8, 4) is 0 Å². The van der Waals surface area contributed by atoms with Crippen molar-refractivity contribution in [3.05, 3.63) is 39.2 Å². The maximum Gasteiger partial charge on any atom is 0.262 e. The number of hydrogen-bond donors (Lipinski definition) is 2. The van der Waals surface area contributed by atoms with Crippen molar-refractivity contribution < 1.29 is 14.7 Å². The van der Waals surface area contributed by atoms with Gasteiger partial charge in [0.05, 0.1) is 5.57 Å². The van der Waals surface area contributed by atoms with Crippen LogP contribution >= 0.6 is 0 Å². The standard InChI is InChI=1S/C13H15N7O3/c1-7-4-8(2)18-13(17-7)15-5-10(9(3)21)12(23)19-11(22)6-16-20-14/h4-5,21H,6H2,1-3H3,(H,19,22,23)/b10-9-,15-5+. The molecule has 1 aromatic rings. The van der Waals surface area contributed by atoms with Gasteiger partial charge >= 0.3 is 0 Å². The molecule has 1 aromatic heterocycles. The third-order valence-corrected chi connectivity index (χ3v) is 2.44. The topological polar surface area (TPSA) is 153 Å². The van der Waals surface area contributed by atoms with E-state index in [1.807, 2.05) is 5.32 Å². The molecule has 0 unspecified atom stereocenters. The van der Waals surface area contributed by atoms with Crippen LogP contribution in [0.4, 0.5) is 5.95 Å². The van der Waals surface area contributed by atoms with Crippen LogP contribution in [0.1, 0.15) is 18.3 Å². The zero-order valence-corrected chi connectivity index (χ0v) is 12.8. The quantitative estimate of drug-likeness (QED) is 0.211. The lowest BCUT2D eigenvalue weighted by molar-refractivity contribution is -0.127. The number of aromatic nitrogens is 2. The Morgan fingerprint density at radius 2 is 2.00 bits per heavy atom. The third kappa shape index (κ3) is 5.94. The number of aryl methyl sites for hydroxylation is 2. The number of hydrogen-bond acceptors (Lipinski definition) is 7. The molecule has 23 heavy (non-hydrogen) atoms. The highest BCUT2D eigenvalue weighted by Gasteiger charge is 2.14. The number of azide groups is 1. The molecule has 2 amide bonds. The first-order valence-corrected chi connectivity index (χ1v) is 6.44. The summed E-state index contributed by atoms with van der Waals surface area (Å²) in [7, 11) is 0. The minimum absolute atomic E-state index is 0.120. The van der Waals surface area contributed by atoms with E-state index in [0.29, 0.717) is 11.4 Å². The molecule has 10 heteroatoms. The van der Waals surface area contributed by atoms with E-state index in [4.69, 9.17) is 5.53 Å². The fourth-order valence-corrected chi connectivity index (χ4v) is 1.53. The van der Waals surface area contributed by atoms with Gasteiger partial charge in [-0.05, 0) is 32.4 Å². The molecule has 0 aliphatic rings. The number of carbonyl (C=O) groups is 2. The number of rotatable bonds is 5. The van der Waals surface area contributed by atoms with Gasteiger partial charge in [-0.25, -0.2) is 15.0 Å². The maximum absolute atomic E-state index is 11.9. The molecule has 0 spiro atoms. The Hall–Kier alpha value is -3.26. The smallest absolute Gasteiger partial charge is 0.262 e. The van der Waals surface area contributed by atoms with E-state index in [-0.39, 0.29) is 17.3 Å². The van der Waals surface area contributed by atoms with Gasteiger partial charge in [-0.3, -0.25) is 14.9 Å². The van der Waals surface area contributed by atoms with Crippen molar-refractivity contribution in [2.45, 2.75) is 20.8 Å². The molecular weight excluding hydrogens is 302 g/mol. The second-order valence-electron chi connectivity index (χ2n) is 4.47. The SMILES string of the molecule is C/C(O)=C(\C=N\c1nc(C)cc(C)n1)C(=O)NC(=O)CN=[N+]=[N-]. The van der Waals surface area contributed by atoms with Crippen LogP contribution in [0.15, 0.2) is 27.5 Å². The second-order valence-corrected chi connectivity index (χ2v) is 4.47. The number of aliphatic imine (C=N–C) groups is 1. The summed E-state index contributed by atoms with van der Waals surface area (Å²) < 4.78 is 0. The number of imide groups is 1. The Morgan fingerprint density at radius 1 is 1.39 bits per heavy atom. The summed E-state index contributed by atoms with van der Waals surface area (Å²) in [6.07, 6.45) is 1.06. The molecule has 0 aliphatic carbocycles. The Morgan fingerprint density at radius 3 is 2.52 bits per heavy atom. The van der Waals surface area contributed by atoms with Gasteiger partial charge in [-0.15, -0.1) is 0 Å². The van der Waals surface area contributed by atoms with Crippen LogP contribution in [-0.2, 0) is 9.59 Å². The molecule has 0 aliphatic heterocycles. The summed E-state index contributed by atoms with van der Waals surface area (Å²) in [4.78, 5) is 37.7. The maximum atomic E-state index is 11.9. The largest absolute Gasteiger partial charge is 0.512 e. The average Bonchev–Trinajstić information content (AvgIpc) is 2.43. The molecule has 0 aromatic carbocycles. The van der Waals surface area contributed by atoms with Crippen molar-refractivity contribution in [2.75, 3.05) is 6.54 Å². The minimum atomic E-state index is -0.878. The van der Waals surface area contributed by atoms with Crippen LogP contribution in [0, 0.1) is 13.8 Å². The second kappa shape index (κ2) is 8.25. The summed E-state index contributed by atoms with van der Waals surface area (Å²) in [6, 6.07) is 1.76. The lowest BCUT2D eigenvalue weighted by Gasteiger charge is -2.04. The third-order valence-electron chi connectivity index (χ3n) is 2.44. The molecule has 10 nitrogen and oxygen atoms in total. The van der Waals surface area contributed by atoms with Gasteiger partial charge in [0.15, 0.2) is 0 Å². The van der Waals surface area contributed by atoms with E-state index in [1.165, 1.54) is 6.92 Å². The highest BCUT2D eigenvalue weighted by Crippen LogP contribution is 2.08. The van der Waals surface area contributed by atoms with Gasteiger partial charge in [0, 0.05) is 22.5 Å². The number of amides is 2. The van der Waals surface area contributed by atoms with Crippen molar-refractivity contribution in [2.24, 2.45) is 10.1 Å². The molecule has 0 saturated carbocycles. The molecule has 2 N–H and O–H groups in total. The van der Waals surface area contributed by atoms with Gasteiger partial charge in [-0.1, -0.05) is 5.11 Å². The van der Waals surface area contributed by atoms with Gasteiger partial charge in [0.25, 0.3) is 5.91 Å². The first kappa shape index (κ1) is 17.8. The predicted octanol–water partition coefficient (Wildman–Crippen LogP) is 1.58. The highest BCUT2D eigenvalue weighted by molar-refractivity contribution is 6.17. The fraction of sp³-hybridized carbons (Fsp3) is 0.308. The number of aliphatic hydroxyl groups is 1. The van der Waals surface area contributed by atoms with E-state index in [2.05, 4.69) is 25.0 Å². The zero-order chi connectivity index (χ0) is 17.4. The molecule has 1 rings (SSSR count). The van der Waals surface area contributed by atoms with Gasteiger partial charge in [0.1, 0.15) is 12.3 Å². The minimum Gasteiger partial charge on any atom is -0.512 e. The Kier molecular flexibility index (Phi) is 6.38. The van der Waals surface area contributed by atoms with Crippen molar-refractivity contribution in [3.63, 3.8) is 0 Å². The summed E-state index contributed by atoms with van der Waals surface area (Å²) in [6.45, 7) is 4.27. The Labute approximate surface area is 131 Å². The molecule has 0 fully saturated rings. The van der Waals surface area contributed by atoms with E-state index < -0.39 is 18.4 Å². The van der Waals surface area contributed by atoms with Crippen LogP contribution < -0.4 is 5.32 Å². The van der Waals surface area contributed by atoms with Gasteiger partial charge in [-0.2, -0.15) is 0 Å². The number of aliphatic hydroxyl groups excluding tert-OH is 1. The lowest BCUT2D eigenvalue weighted by Crippen LogP contribution is -2.34. The molecule has 0 radical (unpaired) electrons. The summed E-state index contributed by atoms with van der Waals surface area (Å²) in [5.74, 6) is -1.90. The summed E-state index contributed by atoms with van der Waals surface area (Å²) in [5, 5.41) is 14.5. The molecule has 1 heterocycles. The van der Waals surface area contributed by atoms with Gasteiger partial charge in [0.2, 0.25) is 11.9 Å². The summed E-state index contributed by atoms with van der Waals surface area (Å²) >= 11 is 0. The first-order valence-electron chi connectivity index (χ1n) is 6.44. The molecule has 120 valence electrons. The van der Waals surface area contributed by atoms with Crippen LogP contribution in [-0.4, -0.2) is 39.6 Å². The van der Waals surface area contributed by atoms with E-state index in [1.54, 1.807) is 19.9 Å². The van der Waals surface area contributed by atoms with Crippen molar-refractivity contribution in [1.82, 2.24) is 15.3 Å². The fourth-order valence-electron chi connectivity index (χ4n) is 1.53. The van der Waals surface area contributed by atoms with E-state index >= 15 is 0 Å². The van der Waals surface area contributed by atoms with Crippen LogP contribution in [0.25, 0.3) is 10.4 Å². The van der Waals surface area contributed by atoms with Crippen LogP contribution in [0.3, 0.4) is 0 Å². The number of nitrogens with one attached hydrogen (secondary N) is 1. The normalized spacial score (nSPS) is 11.6. The highest BCUT2D eigenvalue weighted by atomic mass is 16.3.